The molecule has 1 aliphatic carbocycles. The molecule has 19 heavy (non-hydrogen) atoms. The van der Waals surface area contributed by atoms with Gasteiger partial charge in [0.15, 0.2) is 0 Å². The summed E-state index contributed by atoms with van der Waals surface area (Å²) < 4.78 is 2.27. The Morgan fingerprint density at radius 2 is 2.00 bits per heavy atom. The quantitative estimate of drug-likeness (QED) is 0.780. The lowest BCUT2D eigenvalue weighted by Gasteiger charge is -2.12. The third-order valence-electron chi connectivity index (χ3n) is 4.25. The van der Waals surface area contributed by atoms with E-state index in [4.69, 9.17) is 5.10 Å². The van der Waals surface area contributed by atoms with E-state index in [1.165, 1.54) is 36.2 Å². The monoisotopic (exact) mass is 263 g/mol. The van der Waals surface area contributed by atoms with E-state index in [-0.39, 0.29) is 0 Å². The highest BCUT2D eigenvalue weighted by Crippen LogP contribution is 2.22. The molecule has 1 aliphatic rings. The van der Waals surface area contributed by atoms with Crippen molar-refractivity contribution in [2.24, 2.45) is 5.92 Å². The fourth-order valence-electron chi connectivity index (χ4n) is 2.58. The Labute approximate surface area is 117 Å². The average Bonchev–Trinajstić information content (AvgIpc) is 3.18. The molecule has 2 rings (SSSR count). The molecule has 0 aromatic carbocycles. The van der Waals surface area contributed by atoms with Crippen LogP contribution in [0, 0.1) is 5.92 Å². The SMILES string of the molecule is CCc1nn(CC(C)CC)c(CC)c1CNC1CC1. The second-order valence-corrected chi connectivity index (χ2v) is 5.93. The maximum absolute atomic E-state index is 4.86. The van der Waals surface area contributed by atoms with Crippen LogP contribution in [0.15, 0.2) is 0 Å². The summed E-state index contributed by atoms with van der Waals surface area (Å²) in [6.07, 6.45) is 6.06. The van der Waals surface area contributed by atoms with E-state index in [0.717, 1.165) is 32.0 Å². The molecule has 108 valence electrons. The van der Waals surface area contributed by atoms with Crippen LogP contribution >= 0.6 is 0 Å². The third kappa shape index (κ3) is 3.59. The molecule has 1 N–H and O–H groups in total. The number of nitrogens with zero attached hydrogens (tertiary/aromatic N) is 2. The van der Waals surface area contributed by atoms with Gasteiger partial charge in [0.25, 0.3) is 0 Å². The van der Waals surface area contributed by atoms with E-state index in [1.54, 1.807) is 0 Å². The Hall–Kier alpha value is -0.830. The lowest BCUT2D eigenvalue weighted by molar-refractivity contribution is 0.427. The zero-order chi connectivity index (χ0) is 13.8. The van der Waals surface area contributed by atoms with Crippen molar-refractivity contribution < 1.29 is 0 Å². The first-order valence-corrected chi connectivity index (χ1v) is 8.00. The maximum atomic E-state index is 4.86. The number of hydrogen-bond donors (Lipinski definition) is 1. The van der Waals surface area contributed by atoms with Crippen LogP contribution in [0.5, 0.6) is 0 Å². The molecule has 1 aromatic heterocycles. The smallest absolute Gasteiger partial charge is 0.0669 e. The molecule has 3 nitrogen and oxygen atoms in total. The molecule has 1 heterocycles. The van der Waals surface area contributed by atoms with Gasteiger partial charge in [0.1, 0.15) is 0 Å². The molecule has 1 fully saturated rings. The number of hydrogen-bond acceptors (Lipinski definition) is 2. The molecule has 0 aliphatic heterocycles. The molecule has 0 spiro atoms. The van der Waals surface area contributed by atoms with E-state index in [1.807, 2.05) is 0 Å². The molecule has 1 atom stereocenters. The summed E-state index contributed by atoms with van der Waals surface area (Å²) in [7, 11) is 0. The van der Waals surface area contributed by atoms with Crippen molar-refractivity contribution >= 4 is 0 Å². The molecular weight excluding hydrogens is 234 g/mol. The van der Waals surface area contributed by atoms with E-state index < -0.39 is 0 Å². The van der Waals surface area contributed by atoms with E-state index in [9.17, 15) is 0 Å². The van der Waals surface area contributed by atoms with E-state index in [2.05, 4.69) is 37.7 Å². The molecule has 1 saturated carbocycles. The van der Waals surface area contributed by atoms with Gasteiger partial charge < -0.3 is 5.32 Å². The molecular formula is C16H29N3. The van der Waals surface area contributed by atoms with Crippen LogP contribution in [0.1, 0.15) is 63.9 Å². The highest BCUT2D eigenvalue weighted by molar-refractivity contribution is 5.27. The number of aromatic nitrogens is 2. The fraction of sp³-hybridized carbons (Fsp3) is 0.812. The number of aryl methyl sites for hydroxylation is 1. The molecule has 1 unspecified atom stereocenters. The minimum absolute atomic E-state index is 0.708. The van der Waals surface area contributed by atoms with Crippen molar-refractivity contribution in [1.29, 1.82) is 0 Å². The Morgan fingerprint density at radius 1 is 1.26 bits per heavy atom. The van der Waals surface area contributed by atoms with E-state index >= 15 is 0 Å². The third-order valence-corrected chi connectivity index (χ3v) is 4.25. The van der Waals surface area contributed by atoms with Crippen LogP contribution in [0.25, 0.3) is 0 Å². The maximum Gasteiger partial charge on any atom is 0.0669 e. The first-order valence-electron chi connectivity index (χ1n) is 8.00. The highest BCUT2D eigenvalue weighted by atomic mass is 15.3. The number of rotatable bonds is 8. The normalized spacial score (nSPS) is 16.8. The first kappa shape index (κ1) is 14.6. The Bertz CT molecular complexity index is 404. The summed E-state index contributed by atoms with van der Waals surface area (Å²) in [5.74, 6) is 0.708. The van der Waals surface area contributed by atoms with Crippen molar-refractivity contribution in [2.75, 3.05) is 0 Å². The zero-order valence-corrected chi connectivity index (χ0v) is 13.0. The molecule has 3 heteroatoms. The summed E-state index contributed by atoms with van der Waals surface area (Å²) in [5.41, 5.74) is 4.22. The van der Waals surface area contributed by atoms with Crippen molar-refractivity contribution in [3.8, 4) is 0 Å². The lowest BCUT2D eigenvalue weighted by Crippen LogP contribution is -2.17. The molecule has 0 bridgehead atoms. The van der Waals surface area contributed by atoms with Crippen molar-refractivity contribution in [3.05, 3.63) is 17.0 Å². The van der Waals surface area contributed by atoms with Gasteiger partial charge >= 0.3 is 0 Å². The van der Waals surface area contributed by atoms with Crippen LogP contribution < -0.4 is 5.32 Å². The van der Waals surface area contributed by atoms with Gasteiger partial charge in [-0.3, -0.25) is 4.68 Å². The van der Waals surface area contributed by atoms with Gasteiger partial charge in [-0.2, -0.15) is 5.10 Å². The zero-order valence-electron chi connectivity index (χ0n) is 13.0. The standard InChI is InChI=1S/C16H29N3/c1-5-12(4)11-19-16(7-3)14(15(6-2)18-19)10-17-13-8-9-13/h12-13,17H,5-11H2,1-4H3. The molecule has 0 saturated heterocycles. The second kappa shape index (κ2) is 6.56. The van der Waals surface area contributed by atoms with Gasteiger partial charge in [0.2, 0.25) is 0 Å². The van der Waals surface area contributed by atoms with Gasteiger partial charge in [0.05, 0.1) is 5.69 Å². The Kier molecular flexibility index (Phi) is 5.03. The summed E-state index contributed by atoms with van der Waals surface area (Å²) >= 11 is 0. The predicted octanol–water partition coefficient (Wildman–Crippen LogP) is 3.31. The molecule has 1 aromatic rings. The van der Waals surface area contributed by atoms with Gasteiger partial charge in [-0.15, -0.1) is 0 Å². The van der Waals surface area contributed by atoms with Crippen molar-refractivity contribution in [2.45, 2.75) is 78.9 Å². The molecule has 0 radical (unpaired) electrons. The Balaban J connectivity index is 2.17. The summed E-state index contributed by atoms with van der Waals surface area (Å²) in [4.78, 5) is 0. The van der Waals surface area contributed by atoms with Gasteiger partial charge in [0, 0.05) is 30.4 Å². The van der Waals surface area contributed by atoms with Gasteiger partial charge in [-0.1, -0.05) is 34.1 Å². The van der Waals surface area contributed by atoms with Crippen LogP contribution in [0.4, 0.5) is 0 Å². The van der Waals surface area contributed by atoms with Gasteiger partial charge in [-0.05, 0) is 31.6 Å². The minimum atomic E-state index is 0.708. The van der Waals surface area contributed by atoms with Crippen LogP contribution in [0.2, 0.25) is 0 Å². The average molecular weight is 263 g/mol. The van der Waals surface area contributed by atoms with Crippen LogP contribution in [-0.4, -0.2) is 15.8 Å². The summed E-state index contributed by atoms with van der Waals surface area (Å²) in [6.45, 7) is 11.1. The predicted molar refractivity (Wildman–Crippen MR) is 80.3 cm³/mol. The first-order chi connectivity index (χ1) is 9.19. The van der Waals surface area contributed by atoms with Crippen LogP contribution in [0.3, 0.4) is 0 Å². The topological polar surface area (TPSA) is 29.9 Å². The minimum Gasteiger partial charge on any atom is -0.310 e. The van der Waals surface area contributed by atoms with Crippen molar-refractivity contribution in [1.82, 2.24) is 15.1 Å². The fourth-order valence-corrected chi connectivity index (χ4v) is 2.58. The summed E-state index contributed by atoms with van der Waals surface area (Å²) in [5, 5.41) is 8.51. The number of nitrogens with one attached hydrogen (secondary N) is 1. The largest absolute Gasteiger partial charge is 0.310 e. The van der Waals surface area contributed by atoms with Crippen molar-refractivity contribution in [3.63, 3.8) is 0 Å². The van der Waals surface area contributed by atoms with Crippen LogP contribution in [-0.2, 0) is 25.9 Å². The van der Waals surface area contributed by atoms with Gasteiger partial charge in [-0.25, -0.2) is 0 Å². The highest BCUT2D eigenvalue weighted by Gasteiger charge is 2.23. The second-order valence-electron chi connectivity index (χ2n) is 5.93. The molecule has 0 amide bonds. The lowest BCUT2D eigenvalue weighted by atomic mass is 10.1. The Morgan fingerprint density at radius 3 is 2.53 bits per heavy atom. The van der Waals surface area contributed by atoms with E-state index in [0.29, 0.717) is 5.92 Å². The summed E-state index contributed by atoms with van der Waals surface area (Å²) in [6, 6.07) is 0.771.